The maximum atomic E-state index is 5.77. The molecule has 1 heterocycles. The van der Waals surface area contributed by atoms with Crippen LogP contribution in [-0.4, -0.2) is 36.6 Å². The van der Waals surface area contributed by atoms with Gasteiger partial charge in [0.15, 0.2) is 0 Å². The zero-order valence-electron chi connectivity index (χ0n) is 11.3. The summed E-state index contributed by atoms with van der Waals surface area (Å²) in [5, 5.41) is 1.20. The molecule has 2 aromatic rings. The van der Waals surface area contributed by atoms with Crippen molar-refractivity contribution in [2.24, 2.45) is 0 Å². The third-order valence-electron chi connectivity index (χ3n) is 3.08. The van der Waals surface area contributed by atoms with E-state index in [1.54, 1.807) is 0 Å². The van der Waals surface area contributed by atoms with Gasteiger partial charge in [0.05, 0.1) is 6.61 Å². The predicted molar refractivity (Wildman–Crippen MR) is 76.2 cm³/mol. The molecule has 0 saturated heterocycles. The maximum absolute atomic E-state index is 5.77. The zero-order valence-corrected chi connectivity index (χ0v) is 11.3. The van der Waals surface area contributed by atoms with Crippen molar-refractivity contribution in [1.29, 1.82) is 0 Å². The molecule has 0 spiro atoms. The molecule has 0 saturated carbocycles. The second kappa shape index (κ2) is 6.45. The van der Waals surface area contributed by atoms with Gasteiger partial charge < -0.3 is 14.6 Å². The van der Waals surface area contributed by atoms with Gasteiger partial charge in [-0.3, -0.25) is 0 Å². The van der Waals surface area contributed by atoms with Crippen molar-refractivity contribution in [2.75, 3.05) is 26.7 Å². The normalized spacial score (nSPS) is 11.3. The topological polar surface area (TPSA) is 28.3 Å². The molecule has 1 aromatic carbocycles. The Bertz CT molecular complexity index is 478. The van der Waals surface area contributed by atoms with Crippen LogP contribution in [0.4, 0.5) is 0 Å². The van der Waals surface area contributed by atoms with Crippen LogP contribution in [0, 0.1) is 0 Å². The van der Waals surface area contributed by atoms with E-state index < -0.39 is 0 Å². The summed E-state index contributed by atoms with van der Waals surface area (Å²) in [6.45, 7) is 5.25. The second-order valence-electron chi connectivity index (χ2n) is 4.73. The first-order valence-corrected chi connectivity index (χ1v) is 6.68. The van der Waals surface area contributed by atoms with Gasteiger partial charge in [0.25, 0.3) is 0 Å². The molecule has 2 rings (SSSR count). The molecule has 98 valence electrons. The van der Waals surface area contributed by atoms with E-state index >= 15 is 0 Å². The molecule has 0 bridgehead atoms. The van der Waals surface area contributed by atoms with E-state index in [0.717, 1.165) is 37.4 Å². The fourth-order valence-corrected chi connectivity index (χ4v) is 2.14. The molecule has 0 aliphatic rings. The number of rotatable bonds is 7. The number of H-pyrrole nitrogens is 1. The van der Waals surface area contributed by atoms with Crippen LogP contribution in [0.3, 0.4) is 0 Å². The minimum absolute atomic E-state index is 0.782. The van der Waals surface area contributed by atoms with Gasteiger partial charge in [0.1, 0.15) is 5.75 Å². The largest absolute Gasteiger partial charge is 0.494 e. The predicted octanol–water partition coefficient (Wildman–Crippen LogP) is 3.28. The Labute approximate surface area is 109 Å². The SMILES string of the molecule is CCCN(C)CCCOc1ccc2[nH]ccc2c1. The van der Waals surface area contributed by atoms with Crippen molar-refractivity contribution < 1.29 is 4.74 Å². The lowest BCUT2D eigenvalue weighted by Crippen LogP contribution is -2.21. The second-order valence-corrected chi connectivity index (χ2v) is 4.73. The molecule has 18 heavy (non-hydrogen) atoms. The van der Waals surface area contributed by atoms with Gasteiger partial charge in [-0.25, -0.2) is 0 Å². The number of fused-ring (bicyclic) bond motifs is 1. The number of hydrogen-bond donors (Lipinski definition) is 1. The van der Waals surface area contributed by atoms with E-state index in [9.17, 15) is 0 Å². The van der Waals surface area contributed by atoms with E-state index in [2.05, 4.69) is 42.1 Å². The number of nitrogens with one attached hydrogen (secondary N) is 1. The Morgan fingerprint density at radius 2 is 2.11 bits per heavy atom. The van der Waals surface area contributed by atoms with Crippen LogP contribution >= 0.6 is 0 Å². The first-order valence-electron chi connectivity index (χ1n) is 6.68. The van der Waals surface area contributed by atoms with Crippen molar-refractivity contribution in [3.63, 3.8) is 0 Å². The summed E-state index contributed by atoms with van der Waals surface area (Å²) < 4.78 is 5.77. The van der Waals surface area contributed by atoms with E-state index in [-0.39, 0.29) is 0 Å². The summed E-state index contributed by atoms with van der Waals surface area (Å²) >= 11 is 0. The third-order valence-corrected chi connectivity index (χ3v) is 3.08. The minimum Gasteiger partial charge on any atom is -0.494 e. The van der Waals surface area contributed by atoms with Gasteiger partial charge in [-0.05, 0) is 50.7 Å². The number of benzene rings is 1. The Balaban J connectivity index is 1.76. The van der Waals surface area contributed by atoms with Crippen LogP contribution in [0.5, 0.6) is 5.75 Å². The summed E-state index contributed by atoms with van der Waals surface area (Å²) in [6, 6.07) is 8.24. The summed E-state index contributed by atoms with van der Waals surface area (Å²) in [5.74, 6) is 0.959. The van der Waals surface area contributed by atoms with E-state index in [1.165, 1.54) is 11.8 Å². The van der Waals surface area contributed by atoms with Gasteiger partial charge in [0, 0.05) is 23.6 Å². The van der Waals surface area contributed by atoms with Crippen molar-refractivity contribution in [3.05, 3.63) is 30.5 Å². The highest BCUT2D eigenvalue weighted by atomic mass is 16.5. The molecular weight excluding hydrogens is 224 g/mol. The van der Waals surface area contributed by atoms with Gasteiger partial charge in [-0.2, -0.15) is 0 Å². The van der Waals surface area contributed by atoms with Crippen molar-refractivity contribution in [1.82, 2.24) is 9.88 Å². The molecule has 1 aromatic heterocycles. The Kier molecular flexibility index (Phi) is 4.65. The smallest absolute Gasteiger partial charge is 0.120 e. The quantitative estimate of drug-likeness (QED) is 0.759. The van der Waals surface area contributed by atoms with Crippen LogP contribution in [-0.2, 0) is 0 Å². The van der Waals surface area contributed by atoms with Gasteiger partial charge in [0.2, 0.25) is 0 Å². The highest BCUT2D eigenvalue weighted by molar-refractivity contribution is 5.80. The molecule has 0 aliphatic carbocycles. The molecule has 0 radical (unpaired) electrons. The minimum atomic E-state index is 0.782. The summed E-state index contributed by atoms with van der Waals surface area (Å²) in [4.78, 5) is 5.53. The van der Waals surface area contributed by atoms with Gasteiger partial charge in [-0.15, -0.1) is 0 Å². The lowest BCUT2D eigenvalue weighted by atomic mass is 10.2. The van der Waals surface area contributed by atoms with Crippen molar-refractivity contribution >= 4 is 10.9 Å². The summed E-state index contributed by atoms with van der Waals surface area (Å²) in [7, 11) is 2.16. The summed E-state index contributed by atoms with van der Waals surface area (Å²) in [6.07, 6.45) is 4.23. The maximum Gasteiger partial charge on any atom is 0.120 e. The number of aromatic nitrogens is 1. The van der Waals surface area contributed by atoms with Crippen LogP contribution in [0.2, 0.25) is 0 Å². The van der Waals surface area contributed by atoms with Gasteiger partial charge >= 0.3 is 0 Å². The molecule has 3 heteroatoms. The fraction of sp³-hybridized carbons (Fsp3) is 0.467. The molecule has 3 nitrogen and oxygen atoms in total. The molecule has 1 N–H and O–H groups in total. The number of ether oxygens (including phenoxy) is 1. The average molecular weight is 246 g/mol. The Morgan fingerprint density at radius 3 is 2.94 bits per heavy atom. The highest BCUT2D eigenvalue weighted by Gasteiger charge is 1.99. The van der Waals surface area contributed by atoms with E-state index in [4.69, 9.17) is 4.74 Å². The first kappa shape index (κ1) is 13.0. The lowest BCUT2D eigenvalue weighted by molar-refractivity contribution is 0.263. The average Bonchev–Trinajstić information content (AvgIpc) is 2.82. The van der Waals surface area contributed by atoms with E-state index in [0.29, 0.717) is 0 Å². The molecule has 0 amide bonds. The van der Waals surface area contributed by atoms with Gasteiger partial charge in [-0.1, -0.05) is 6.92 Å². The zero-order chi connectivity index (χ0) is 12.8. The number of hydrogen-bond acceptors (Lipinski definition) is 2. The fourth-order valence-electron chi connectivity index (χ4n) is 2.14. The molecule has 0 atom stereocenters. The number of nitrogens with zero attached hydrogens (tertiary/aromatic N) is 1. The highest BCUT2D eigenvalue weighted by Crippen LogP contribution is 2.19. The monoisotopic (exact) mass is 246 g/mol. The molecule has 0 unspecified atom stereocenters. The van der Waals surface area contributed by atoms with E-state index in [1.807, 2.05) is 12.3 Å². The lowest BCUT2D eigenvalue weighted by Gasteiger charge is -2.15. The van der Waals surface area contributed by atoms with Crippen molar-refractivity contribution in [3.8, 4) is 5.75 Å². The molecular formula is C15H22N2O. The van der Waals surface area contributed by atoms with Crippen LogP contribution in [0.1, 0.15) is 19.8 Å². The Hall–Kier alpha value is -1.48. The first-order chi connectivity index (χ1) is 8.79. The van der Waals surface area contributed by atoms with Crippen LogP contribution in [0.15, 0.2) is 30.5 Å². The standard InChI is InChI=1S/C15H22N2O/c1-3-9-17(2)10-4-11-18-14-5-6-15-13(12-14)7-8-16-15/h5-8,12,16H,3-4,9-11H2,1-2H3. The molecule has 0 fully saturated rings. The third kappa shape index (κ3) is 3.50. The Morgan fingerprint density at radius 1 is 1.22 bits per heavy atom. The van der Waals surface area contributed by atoms with Crippen LogP contribution in [0.25, 0.3) is 10.9 Å². The number of aromatic amines is 1. The van der Waals surface area contributed by atoms with Crippen molar-refractivity contribution in [2.45, 2.75) is 19.8 Å². The van der Waals surface area contributed by atoms with Crippen LogP contribution < -0.4 is 4.74 Å². The molecule has 0 aliphatic heterocycles. The summed E-state index contributed by atoms with van der Waals surface area (Å²) in [5.41, 5.74) is 1.16.